The van der Waals surface area contributed by atoms with Gasteiger partial charge < -0.3 is 15.0 Å². The quantitative estimate of drug-likeness (QED) is 0.933. The van der Waals surface area contributed by atoms with Crippen LogP contribution >= 0.6 is 15.9 Å². The van der Waals surface area contributed by atoms with Crippen molar-refractivity contribution >= 4 is 15.9 Å². The van der Waals surface area contributed by atoms with E-state index in [1.54, 1.807) is 26.0 Å². The van der Waals surface area contributed by atoms with Crippen LogP contribution in [0.4, 0.5) is 4.39 Å². The molecule has 1 aromatic carbocycles. The normalized spacial score (nSPS) is 11.6. The van der Waals surface area contributed by atoms with Crippen LogP contribution < -0.4 is 10.5 Å². The SMILES string of the molecule is CC(C)(N)c1noc(COc2ccc(Br)c(F)c2)n1. The molecule has 7 heteroatoms. The Kier molecular flexibility index (Phi) is 3.86. The van der Waals surface area contributed by atoms with E-state index in [0.29, 0.717) is 16.0 Å². The van der Waals surface area contributed by atoms with E-state index in [9.17, 15) is 4.39 Å². The Hall–Kier alpha value is -1.47. The summed E-state index contributed by atoms with van der Waals surface area (Å²) in [6.07, 6.45) is 0. The lowest BCUT2D eigenvalue weighted by Gasteiger charge is -2.11. The Morgan fingerprint density at radius 2 is 2.21 bits per heavy atom. The third-order valence-corrected chi connectivity index (χ3v) is 2.94. The summed E-state index contributed by atoms with van der Waals surface area (Å²) in [5.74, 6) is 0.671. The van der Waals surface area contributed by atoms with Gasteiger partial charge in [-0.2, -0.15) is 4.98 Å². The van der Waals surface area contributed by atoms with E-state index in [4.69, 9.17) is 15.0 Å². The third-order valence-electron chi connectivity index (χ3n) is 2.30. The number of halogens is 2. The molecule has 2 rings (SSSR count). The van der Waals surface area contributed by atoms with Gasteiger partial charge in [0.15, 0.2) is 12.4 Å². The van der Waals surface area contributed by atoms with E-state index >= 15 is 0 Å². The maximum absolute atomic E-state index is 13.3. The molecule has 0 saturated heterocycles. The monoisotopic (exact) mass is 329 g/mol. The molecule has 1 aromatic heterocycles. The van der Waals surface area contributed by atoms with Crippen molar-refractivity contribution in [2.45, 2.75) is 26.0 Å². The fourth-order valence-corrected chi connectivity index (χ4v) is 1.53. The molecular formula is C12H13BrFN3O2. The van der Waals surface area contributed by atoms with Gasteiger partial charge in [0.25, 0.3) is 5.89 Å². The van der Waals surface area contributed by atoms with E-state index < -0.39 is 11.4 Å². The van der Waals surface area contributed by atoms with Gasteiger partial charge in [-0.3, -0.25) is 0 Å². The number of hydrogen-bond donors (Lipinski definition) is 1. The van der Waals surface area contributed by atoms with Gasteiger partial charge in [0.2, 0.25) is 0 Å². The largest absolute Gasteiger partial charge is 0.484 e. The lowest BCUT2D eigenvalue weighted by molar-refractivity contribution is 0.241. The summed E-state index contributed by atoms with van der Waals surface area (Å²) in [5.41, 5.74) is 5.16. The van der Waals surface area contributed by atoms with Crippen molar-refractivity contribution in [1.29, 1.82) is 0 Å². The molecule has 0 spiro atoms. The number of nitrogens with two attached hydrogens (primary N) is 1. The van der Waals surface area contributed by atoms with Crippen LogP contribution in [0.15, 0.2) is 27.2 Å². The Balaban J connectivity index is 2.02. The highest BCUT2D eigenvalue weighted by atomic mass is 79.9. The molecule has 0 aliphatic heterocycles. The van der Waals surface area contributed by atoms with Gasteiger partial charge in [-0.25, -0.2) is 4.39 Å². The molecular weight excluding hydrogens is 317 g/mol. The fourth-order valence-electron chi connectivity index (χ4n) is 1.29. The second-order valence-corrected chi connectivity index (χ2v) is 5.45. The highest BCUT2D eigenvalue weighted by Crippen LogP contribution is 2.21. The van der Waals surface area contributed by atoms with Crippen molar-refractivity contribution in [3.05, 3.63) is 40.2 Å². The molecule has 0 radical (unpaired) electrons. The smallest absolute Gasteiger partial charge is 0.264 e. The maximum atomic E-state index is 13.3. The fraction of sp³-hybridized carbons (Fsp3) is 0.333. The minimum absolute atomic E-state index is 0.0597. The van der Waals surface area contributed by atoms with Crippen molar-refractivity contribution in [1.82, 2.24) is 10.1 Å². The molecule has 0 atom stereocenters. The van der Waals surface area contributed by atoms with Gasteiger partial charge >= 0.3 is 0 Å². The molecule has 1 heterocycles. The highest BCUT2D eigenvalue weighted by Gasteiger charge is 2.21. The van der Waals surface area contributed by atoms with Crippen LogP contribution in [0.25, 0.3) is 0 Å². The Bertz CT molecular complexity index is 581. The molecule has 2 N–H and O–H groups in total. The Morgan fingerprint density at radius 3 is 2.79 bits per heavy atom. The first-order chi connectivity index (χ1) is 8.86. The molecule has 102 valence electrons. The van der Waals surface area contributed by atoms with Gasteiger partial charge in [0.05, 0.1) is 10.0 Å². The lowest BCUT2D eigenvalue weighted by Crippen LogP contribution is -2.30. The zero-order valence-electron chi connectivity index (χ0n) is 10.5. The van der Waals surface area contributed by atoms with Crippen LogP contribution in [0.5, 0.6) is 5.75 Å². The number of ether oxygens (including phenoxy) is 1. The average Bonchev–Trinajstić information content (AvgIpc) is 2.79. The molecule has 2 aromatic rings. The summed E-state index contributed by atoms with van der Waals surface area (Å²) in [5, 5.41) is 3.76. The summed E-state index contributed by atoms with van der Waals surface area (Å²) < 4.78 is 24.0. The summed E-state index contributed by atoms with van der Waals surface area (Å²) >= 11 is 3.07. The van der Waals surface area contributed by atoms with Gasteiger partial charge in [-0.05, 0) is 41.9 Å². The molecule has 19 heavy (non-hydrogen) atoms. The minimum Gasteiger partial charge on any atom is -0.484 e. The Labute approximate surface area is 118 Å². The average molecular weight is 330 g/mol. The van der Waals surface area contributed by atoms with Gasteiger partial charge in [-0.15, -0.1) is 0 Å². The van der Waals surface area contributed by atoms with Crippen LogP contribution in [0.1, 0.15) is 25.6 Å². The number of aromatic nitrogens is 2. The van der Waals surface area contributed by atoms with Crippen LogP contribution in [0.3, 0.4) is 0 Å². The molecule has 0 amide bonds. The molecule has 5 nitrogen and oxygen atoms in total. The molecule has 0 saturated carbocycles. The zero-order chi connectivity index (χ0) is 14.0. The molecule has 0 aliphatic carbocycles. The van der Waals surface area contributed by atoms with Gasteiger partial charge in [-0.1, -0.05) is 5.16 Å². The second-order valence-electron chi connectivity index (χ2n) is 4.60. The van der Waals surface area contributed by atoms with E-state index in [1.807, 2.05) is 0 Å². The summed E-state index contributed by atoms with van der Waals surface area (Å²) in [7, 11) is 0. The topological polar surface area (TPSA) is 74.2 Å². The third kappa shape index (κ3) is 3.51. The molecule has 0 aliphatic rings. The first-order valence-corrected chi connectivity index (χ1v) is 6.35. The predicted octanol–water partition coefficient (Wildman–Crippen LogP) is 2.74. The molecule has 0 unspecified atom stereocenters. The van der Waals surface area contributed by atoms with Crippen molar-refractivity contribution < 1.29 is 13.7 Å². The minimum atomic E-state index is -0.675. The van der Waals surface area contributed by atoms with Gasteiger partial charge in [0.1, 0.15) is 11.6 Å². The van der Waals surface area contributed by atoms with Crippen molar-refractivity contribution in [3.63, 3.8) is 0 Å². The zero-order valence-corrected chi connectivity index (χ0v) is 12.1. The van der Waals surface area contributed by atoms with Gasteiger partial charge in [0, 0.05) is 6.07 Å². The van der Waals surface area contributed by atoms with Crippen LogP contribution in [-0.4, -0.2) is 10.1 Å². The molecule has 0 bridgehead atoms. The lowest BCUT2D eigenvalue weighted by atomic mass is 10.1. The number of nitrogens with zero attached hydrogens (tertiary/aromatic N) is 2. The van der Waals surface area contributed by atoms with Crippen LogP contribution in [-0.2, 0) is 12.1 Å². The van der Waals surface area contributed by atoms with Crippen LogP contribution in [0, 0.1) is 5.82 Å². The number of rotatable bonds is 4. The summed E-state index contributed by atoms with van der Waals surface area (Å²) in [4.78, 5) is 4.11. The van der Waals surface area contributed by atoms with E-state index in [2.05, 4.69) is 26.1 Å². The standard InChI is InChI=1S/C12H13BrFN3O2/c1-12(2,15)11-16-10(19-17-11)6-18-7-3-4-8(13)9(14)5-7/h3-5H,6,15H2,1-2H3. The summed E-state index contributed by atoms with van der Waals surface area (Å²) in [6, 6.07) is 4.47. The maximum Gasteiger partial charge on any atom is 0.264 e. The first kappa shape index (κ1) is 14.0. The predicted molar refractivity (Wildman–Crippen MR) is 69.9 cm³/mol. The van der Waals surface area contributed by atoms with Crippen molar-refractivity contribution in [2.75, 3.05) is 0 Å². The van der Waals surface area contributed by atoms with E-state index in [0.717, 1.165) is 0 Å². The van der Waals surface area contributed by atoms with Crippen molar-refractivity contribution in [3.8, 4) is 5.75 Å². The van der Waals surface area contributed by atoms with E-state index in [1.165, 1.54) is 6.07 Å². The van der Waals surface area contributed by atoms with E-state index in [-0.39, 0.29) is 12.5 Å². The molecule has 0 fully saturated rings. The number of benzene rings is 1. The number of hydrogen-bond acceptors (Lipinski definition) is 5. The van der Waals surface area contributed by atoms with Crippen molar-refractivity contribution in [2.24, 2.45) is 5.73 Å². The Morgan fingerprint density at radius 1 is 1.47 bits per heavy atom. The second kappa shape index (κ2) is 5.26. The van der Waals surface area contributed by atoms with Crippen LogP contribution in [0.2, 0.25) is 0 Å². The first-order valence-electron chi connectivity index (χ1n) is 5.56. The highest BCUT2D eigenvalue weighted by molar-refractivity contribution is 9.10. The summed E-state index contributed by atoms with van der Waals surface area (Å²) in [6.45, 7) is 3.60.